The van der Waals surface area contributed by atoms with Crippen LogP contribution in [0.5, 0.6) is 0 Å². The van der Waals surface area contributed by atoms with Crippen molar-refractivity contribution < 1.29 is 0 Å². The molecule has 0 aliphatic rings. The Morgan fingerprint density at radius 1 is 1.71 bits per heavy atom. The molecule has 7 heavy (non-hydrogen) atoms. The molecule has 0 N–H and O–H groups in total. The average Bonchev–Trinajstić information content (AvgIpc) is 1.87. The smallest absolute Gasteiger partial charge is 0.152 e. The van der Waals surface area contributed by atoms with E-state index in [1.807, 2.05) is 14.0 Å². The number of hydrogen-bond donors (Lipinski definition) is 0. The van der Waals surface area contributed by atoms with Gasteiger partial charge in [-0.05, 0) is 6.92 Å². The van der Waals surface area contributed by atoms with Gasteiger partial charge in [-0.15, -0.1) is 0 Å². The van der Waals surface area contributed by atoms with Crippen LogP contribution in [0.4, 0.5) is 0 Å². The Balaban J connectivity index is 3.04. The number of aromatic nitrogens is 3. The minimum atomic E-state index is 0.865. The Morgan fingerprint density at radius 2 is 2.43 bits per heavy atom. The minimum absolute atomic E-state index is 0.865. The highest BCUT2D eigenvalue weighted by Gasteiger charge is 1.84. The maximum absolute atomic E-state index is 3.97. The van der Waals surface area contributed by atoms with Crippen molar-refractivity contribution in [2.45, 2.75) is 6.92 Å². The Bertz CT molecular complexity index is 142. The summed E-state index contributed by atoms with van der Waals surface area (Å²) in [6.07, 6.45) is 0. The predicted octanol–water partition coefficient (Wildman–Crippen LogP) is 0.704. The van der Waals surface area contributed by atoms with Crippen LogP contribution < -0.4 is 0 Å². The lowest BCUT2D eigenvalue weighted by Gasteiger charge is -1.75. The zero-order valence-electron chi connectivity index (χ0n) is 4.29. The third-order valence-electron chi connectivity index (χ3n) is 0.608. The molecule has 1 heterocycles. The van der Waals surface area contributed by atoms with E-state index >= 15 is 0 Å². The van der Waals surface area contributed by atoms with Crippen LogP contribution in [0.15, 0.2) is 0 Å². The molecule has 1 rings (SSSR count). The highest BCUT2D eigenvalue weighted by molar-refractivity contribution is 7.20. The molecule has 0 aliphatic heterocycles. The molecule has 0 aliphatic carbocycles. The van der Waals surface area contributed by atoms with Crippen LogP contribution in [0, 0.1) is 6.92 Å². The van der Waals surface area contributed by atoms with Gasteiger partial charge in [0, 0.05) is 7.05 Å². The van der Waals surface area contributed by atoms with E-state index in [2.05, 4.69) is 9.85 Å². The number of rotatable bonds is 0. The van der Waals surface area contributed by atoms with Gasteiger partial charge in [0.2, 0.25) is 0 Å². The van der Waals surface area contributed by atoms with E-state index in [0.717, 1.165) is 14.3 Å². The SMILES string of the molecule is Cc1npn(C)n1. The van der Waals surface area contributed by atoms with Crippen LogP contribution >= 0.6 is 8.51 Å². The first-order valence-electron chi connectivity index (χ1n) is 1.99. The average molecular weight is 115 g/mol. The fourth-order valence-electron chi connectivity index (χ4n) is 0.379. The summed E-state index contributed by atoms with van der Waals surface area (Å²) in [5.74, 6) is 0.865. The Hall–Kier alpha value is -0.430. The summed E-state index contributed by atoms with van der Waals surface area (Å²) in [4.78, 5) is 0. The molecule has 0 saturated heterocycles. The van der Waals surface area contributed by atoms with E-state index in [1.165, 1.54) is 0 Å². The molecule has 0 spiro atoms. The third-order valence-corrected chi connectivity index (χ3v) is 1.34. The second-order valence-electron chi connectivity index (χ2n) is 1.33. The molecule has 0 aromatic carbocycles. The van der Waals surface area contributed by atoms with Crippen LogP contribution in [0.1, 0.15) is 5.82 Å². The molecule has 0 saturated carbocycles. The maximum atomic E-state index is 3.97. The topological polar surface area (TPSA) is 30.7 Å². The van der Waals surface area contributed by atoms with E-state index in [9.17, 15) is 0 Å². The highest BCUT2D eigenvalue weighted by atomic mass is 31.1. The van der Waals surface area contributed by atoms with E-state index in [4.69, 9.17) is 0 Å². The second kappa shape index (κ2) is 1.58. The fourth-order valence-corrected chi connectivity index (χ4v) is 0.847. The third kappa shape index (κ3) is 0.967. The molecule has 0 atom stereocenters. The first-order valence-corrected chi connectivity index (χ1v) is 2.79. The molecular formula is C3H6N3P. The van der Waals surface area contributed by atoms with E-state index in [1.54, 1.807) is 4.44 Å². The Kier molecular flexibility index (Phi) is 1.07. The van der Waals surface area contributed by atoms with Crippen molar-refractivity contribution in [1.82, 2.24) is 14.3 Å². The molecule has 0 bridgehead atoms. The maximum Gasteiger partial charge on any atom is 0.152 e. The highest BCUT2D eigenvalue weighted by Crippen LogP contribution is 1.94. The molecule has 38 valence electrons. The lowest BCUT2D eigenvalue weighted by Crippen LogP contribution is -1.83. The molecule has 0 fully saturated rings. The van der Waals surface area contributed by atoms with Crippen molar-refractivity contribution in [2.24, 2.45) is 7.05 Å². The summed E-state index contributed by atoms with van der Waals surface area (Å²) in [7, 11) is 2.83. The Morgan fingerprint density at radius 3 is 2.57 bits per heavy atom. The number of aryl methyl sites for hydroxylation is 2. The molecule has 1 aromatic heterocycles. The molecular weight excluding hydrogens is 109 g/mol. The number of hydrogen-bond acceptors (Lipinski definition) is 2. The van der Waals surface area contributed by atoms with Gasteiger partial charge in [-0.2, -0.15) is 9.85 Å². The van der Waals surface area contributed by atoms with Crippen molar-refractivity contribution in [1.29, 1.82) is 0 Å². The molecule has 1 aromatic rings. The van der Waals surface area contributed by atoms with Gasteiger partial charge in [-0.25, -0.2) is 4.44 Å². The summed E-state index contributed by atoms with van der Waals surface area (Å²) >= 11 is 0. The molecule has 4 heteroatoms. The lowest BCUT2D eigenvalue weighted by atomic mass is 10.8. The van der Waals surface area contributed by atoms with E-state index < -0.39 is 0 Å². The van der Waals surface area contributed by atoms with Crippen LogP contribution in [-0.2, 0) is 7.05 Å². The summed E-state index contributed by atoms with van der Waals surface area (Å²) in [6.45, 7) is 1.89. The van der Waals surface area contributed by atoms with Crippen molar-refractivity contribution in [3.05, 3.63) is 5.82 Å². The zero-order chi connectivity index (χ0) is 5.28. The monoisotopic (exact) mass is 115 g/mol. The Labute approximate surface area is 43.6 Å². The molecule has 0 radical (unpaired) electrons. The molecule has 0 unspecified atom stereocenters. The van der Waals surface area contributed by atoms with Crippen molar-refractivity contribution in [3.63, 3.8) is 0 Å². The van der Waals surface area contributed by atoms with Gasteiger partial charge < -0.3 is 0 Å². The zero-order valence-corrected chi connectivity index (χ0v) is 5.18. The quantitative estimate of drug-likeness (QED) is 0.498. The number of nitrogens with zero attached hydrogens (tertiary/aromatic N) is 3. The normalized spacial score (nSPS) is 10.6. The van der Waals surface area contributed by atoms with Crippen LogP contribution in [0.3, 0.4) is 0 Å². The van der Waals surface area contributed by atoms with Gasteiger partial charge in [-0.1, -0.05) is 0 Å². The van der Waals surface area contributed by atoms with E-state index in [0.29, 0.717) is 0 Å². The van der Waals surface area contributed by atoms with Crippen molar-refractivity contribution in [3.8, 4) is 0 Å². The van der Waals surface area contributed by atoms with Crippen LogP contribution in [0.2, 0.25) is 0 Å². The van der Waals surface area contributed by atoms with Gasteiger partial charge in [0.15, 0.2) is 14.3 Å². The summed E-state index contributed by atoms with van der Waals surface area (Å²) < 4.78 is 5.74. The van der Waals surface area contributed by atoms with Gasteiger partial charge >= 0.3 is 0 Å². The summed E-state index contributed by atoms with van der Waals surface area (Å²) in [5, 5.41) is 3.96. The van der Waals surface area contributed by atoms with E-state index in [-0.39, 0.29) is 0 Å². The first-order chi connectivity index (χ1) is 3.29. The van der Waals surface area contributed by atoms with Crippen LogP contribution in [-0.4, -0.2) is 14.3 Å². The fraction of sp³-hybridized carbons (Fsp3) is 0.667. The van der Waals surface area contributed by atoms with Gasteiger partial charge in [0.25, 0.3) is 0 Å². The predicted molar refractivity (Wildman–Crippen MR) is 28.3 cm³/mol. The standard InChI is InChI=1S/C3H6N3P/c1-3-4-6(2)7-5-3/h1-2H3. The largest absolute Gasteiger partial charge is 0.232 e. The van der Waals surface area contributed by atoms with Gasteiger partial charge in [0.05, 0.1) is 0 Å². The van der Waals surface area contributed by atoms with Gasteiger partial charge in [0.1, 0.15) is 0 Å². The first kappa shape index (κ1) is 4.72. The minimum Gasteiger partial charge on any atom is -0.232 e. The van der Waals surface area contributed by atoms with Crippen molar-refractivity contribution in [2.75, 3.05) is 0 Å². The van der Waals surface area contributed by atoms with Crippen LogP contribution in [0.25, 0.3) is 0 Å². The summed E-state index contributed by atoms with van der Waals surface area (Å²) in [6, 6.07) is 0. The molecule has 3 nitrogen and oxygen atoms in total. The van der Waals surface area contributed by atoms with Gasteiger partial charge in [-0.3, -0.25) is 0 Å². The summed E-state index contributed by atoms with van der Waals surface area (Å²) in [5.41, 5.74) is 0. The second-order valence-corrected chi connectivity index (χ2v) is 2.28. The van der Waals surface area contributed by atoms with Crippen molar-refractivity contribution >= 4 is 8.51 Å². The lowest BCUT2D eigenvalue weighted by molar-refractivity contribution is 0.819. The molecule has 0 amide bonds.